The monoisotopic (exact) mass is 390 g/mol. The molecule has 0 saturated carbocycles. The van der Waals surface area contributed by atoms with E-state index in [4.69, 9.17) is 16.3 Å². The van der Waals surface area contributed by atoms with Gasteiger partial charge in [-0.3, -0.25) is 9.59 Å². The average molecular weight is 391 g/mol. The Morgan fingerprint density at radius 3 is 2.37 bits per heavy atom. The molecule has 2 rings (SSSR count). The number of quaternary nitrogens is 1. The van der Waals surface area contributed by atoms with E-state index in [9.17, 15) is 9.59 Å². The van der Waals surface area contributed by atoms with E-state index >= 15 is 0 Å². The van der Waals surface area contributed by atoms with E-state index in [1.807, 2.05) is 26.0 Å². The standard InChI is InChI=1S/C20H24ClN3O3/c1-13-8-14(2)20(17(21)9-13)23-19(26)12-24(3)11-18(25)22-15-6-5-7-16(10-15)27-4/h5-10H,11-12H2,1-4H3,(H,22,25)(H,23,26)/p+1. The molecule has 0 fully saturated rings. The van der Waals surface area contributed by atoms with E-state index in [0.29, 0.717) is 22.1 Å². The third kappa shape index (κ3) is 6.27. The molecule has 7 heteroatoms. The number of benzene rings is 2. The van der Waals surface area contributed by atoms with E-state index < -0.39 is 0 Å². The summed E-state index contributed by atoms with van der Waals surface area (Å²) in [5.41, 5.74) is 3.20. The summed E-state index contributed by atoms with van der Waals surface area (Å²) >= 11 is 6.22. The Kier molecular flexibility index (Phi) is 7.21. The fourth-order valence-electron chi connectivity index (χ4n) is 2.77. The number of likely N-dealkylation sites (N-methyl/N-ethyl adjacent to an activating group) is 1. The molecule has 1 unspecified atom stereocenters. The van der Waals surface area contributed by atoms with Crippen molar-refractivity contribution in [3.63, 3.8) is 0 Å². The van der Waals surface area contributed by atoms with Gasteiger partial charge in [-0.15, -0.1) is 0 Å². The highest BCUT2D eigenvalue weighted by Gasteiger charge is 2.16. The highest BCUT2D eigenvalue weighted by atomic mass is 35.5. The molecule has 0 aliphatic rings. The number of aryl methyl sites for hydroxylation is 2. The van der Waals surface area contributed by atoms with E-state index in [0.717, 1.165) is 16.0 Å². The SMILES string of the molecule is COc1cccc(NC(=O)C[NH+](C)CC(=O)Nc2c(C)cc(C)cc2Cl)c1. The van der Waals surface area contributed by atoms with Crippen molar-refractivity contribution in [1.29, 1.82) is 0 Å². The fourth-order valence-corrected chi connectivity index (χ4v) is 3.14. The molecule has 2 aromatic rings. The molecule has 0 aliphatic carbocycles. The second-order valence-corrected chi connectivity index (χ2v) is 6.98. The minimum absolute atomic E-state index is 0.148. The van der Waals surface area contributed by atoms with Crippen molar-refractivity contribution in [3.8, 4) is 5.75 Å². The number of nitrogens with one attached hydrogen (secondary N) is 3. The molecule has 0 spiro atoms. The van der Waals surface area contributed by atoms with Crippen LogP contribution in [0.1, 0.15) is 11.1 Å². The average Bonchev–Trinajstić information content (AvgIpc) is 2.57. The van der Waals surface area contributed by atoms with Gasteiger partial charge in [-0.1, -0.05) is 23.7 Å². The highest BCUT2D eigenvalue weighted by molar-refractivity contribution is 6.34. The van der Waals surface area contributed by atoms with E-state index in [1.165, 1.54) is 0 Å². The molecule has 3 N–H and O–H groups in total. The third-order valence-corrected chi connectivity index (χ3v) is 4.27. The number of carbonyl (C=O) groups is 2. The maximum absolute atomic E-state index is 12.3. The van der Waals surface area contributed by atoms with E-state index in [1.54, 1.807) is 38.4 Å². The number of carbonyl (C=O) groups excluding carboxylic acids is 2. The number of methoxy groups -OCH3 is 1. The minimum atomic E-state index is -0.199. The zero-order chi connectivity index (χ0) is 20.0. The van der Waals surface area contributed by atoms with Gasteiger partial charge in [0.1, 0.15) is 5.75 Å². The summed E-state index contributed by atoms with van der Waals surface area (Å²) in [6, 6.07) is 10.9. The quantitative estimate of drug-likeness (QED) is 0.677. The van der Waals surface area contributed by atoms with Gasteiger partial charge >= 0.3 is 0 Å². The molecule has 144 valence electrons. The first-order chi connectivity index (χ1) is 12.8. The molecule has 1 atom stereocenters. The Morgan fingerprint density at radius 1 is 1.07 bits per heavy atom. The van der Waals surface area contributed by atoms with Gasteiger partial charge in [0.05, 0.1) is 24.9 Å². The maximum atomic E-state index is 12.3. The van der Waals surface area contributed by atoms with Crippen LogP contribution in [0.15, 0.2) is 36.4 Å². The van der Waals surface area contributed by atoms with Crippen LogP contribution >= 0.6 is 11.6 Å². The number of hydrogen-bond acceptors (Lipinski definition) is 3. The van der Waals surface area contributed by atoms with Crippen LogP contribution in [0.2, 0.25) is 5.02 Å². The molecule has 0 aromatic heterocycles. The van der Waals surface area contributed by atoms with Crippen LogP contribution in [-0.2, 0) is 9.59 Å². The summed E-state index contributed by atoms with van der Waals surface area (Å²) in [5.74, 6) is 0.284. The Bertz CT molecular complexity index is 816. The van der Waals surface area contributed by atoms with Gasteiger partial charge in [-0.25, -0.2) is 0 Å². The van der Waals surface area contributed by atoms with Crippen molar-refractivity contribution in [1.82, 2.24) is 0 Å². The number of ether oxygens (including phenoxy) is 1. The summed E-state index contributed by atoms with van der Waals surface area (Å²) in [6.45, 7) is 4.15. The predicted molar refractivity (Wildman–Crippen MR) is 108 cm³/mol. The molecule has 2 amide bonds. The lowest BCUT2D eigenvalue weighted by Crippen LogP contribution is -3.11. The summed E-state index contributed by atoms with van der Waals surface area (Å²) in [5, 5.41) is 6.15. The van der Waals surface area contributed by atoms with Gasteiger partial charge in [0.25, 0.3) is 11.8 Å². The number of halogens is 1. The van der Waals surface area contributed by atoms with E-state index in [2.05, 4.69) is 10.6 Å². The molecular formula is C20H25ClN3O3+. The largest absolute Gasteiger partial charge is 0.497 e. The molecule has 0 heterocycles. The zero-order valence-corrected chi connectivity index (χ0v) is 16.7. The van der Waals surface area contributed by atoms with Gasteiger partial charge in [0, 0.05) is 11.8 Å². The molecule has 2 aromatic carbocycles. The van der Waals surface area contributed by atoms with Crippen LogP contribution in [-0.4, -0.2) is 39.1 Å². The van der Waals surface area contributed by atoms with Crippen molar-refractivity contribution in [2.45, 2.75) is 13.8 Å². The Morgan fingerprint density at radius 2 is 1.74 bits per heavy atom. The lowest BCUT2D eigenvalue weighted by atomic mass is 10.1. The van der Waals surface area contributed by atoms with Crippen LogP contribution in [0.25, 0.3) is 0 Å². The fraction of sp³-hybridized carbons (Fsp3) is 0.300. The predicted octanol–water partition coefficient (Wildman–Crippen LogP) is 2.06. The zero-order valence-electron chi connectivity index (χ0n) is 16.0. The Hall–Kier alpha value is -2.57. The van der Waals surface area contributed by atoms with Gasteiger partial charge in [-0.2, -0.15) is 0 Å². The molecule has 6 nitrogen and oxygen atoms in total. The lowest BCUT2D eigenvalue weighted by molar-refractivity contribution is -0.862. The normalized spacial score (nSPS) is 11.6. The van der Waals surface area contributed by atoms with Gasteiger partial charge in [-0.05, 0) is 43.2 Å². The smallest absolute Gasteiger partial charge is 0.279 e. The Balaban J connectivity index is 1.88. The topological polar surface area (TPSA) is 71.9 Å². The Labute approximate surface area is 164 Å². The second kappa shape index (κ2) is 9.39. The van der Waals surface area contributed by atoms with Gasteiger partial charge < -0.3 is 20.3 Å². The molecule has 0 saturated heterocycles. The van der Waals surface area contributed by atoms with Crippen LogP contribution < -0.4 is 20.3 Å². The van der Waals surface area contributed by atoms with Crippen LogP contribution in [0.5, 0.6) is 5.75 Å². The van der Waals surface area contributed by atoms with E-state index in [-0.39, 0.29) is 24.9 Å². The molecule has 27 heavy (non-hydrogen) atoms. The maximum Gasteiger partial charge on any atom is 0.279 e. The lowest BCUT2D eigenvalue weighted by Gasteiger charge is -2.15. The van der Waals surface area contributed by atoms with Gasteiger partial charge in [0.15, 0.2) is 13.1 Å². The summed E-state index contributed by atoms with van der Waals surface area (Å²) in [6.07, 6.45) is 0. The van der Waals surface area contributed by atoms with Crippen LogP contribution in [0.4, 0.5) is 11.4 Å². The summed E-state index contributed by atoms with van der Waals surface area (Å²) in [7, 11) is 3.35. The molecule has 0 aliphatic heterocycles. The van der Waals surface area contributed by atoms with Crippen molar-refractivity contribution >= 4 is 34.8 Å². The van der Waals surface area contributed by atoms with Gasteiger partial charge in [0.2, 0.25) is 0 Å². The number of rotatable bonds is 7. The van der Waals surface area contributed by atoms with Crippen molar-refractivity contribution in [3.05, 3.63) is 52.5 Å². The molecule has 0 radical (unpaired) electrons. The number of amides is 2. The molecular weight excluding hydrogens is 366 g/mol. The minimum Gasteiger partial charge on any atom is -0.497 e. The third-order valence-electron chi connectivity index (χ3n) is 3.97. The first-order valence-electron chi connectivity index (χ1n) is 8.60. The van der Waals surface area contributed by atoms with Crippen molar-refractivity contribution in [2.75, 3.05) is 37.9 Å². The highest BCUT2D eigenvalue weighted by Crippen LogP contribution is 2.27. The molecule has 0 bridgehead atoms. The first kappa shape index (κ1) is 20.7. The second-order valence-electron chi connectivity index (χ2n) is 6.58. The first-order valence-corrected chi connectivity index (χ1v) is 8.98. The summed E-state index contributed by atoms with van der Waals surface area (Å²) < 4.78 is 5.13. The number of hydrogen-bond donors (Lipinski definition) is 3. The summed E-state index contributed by atoms with van der Waals surface area (Å²) in [4.78, 5) is 25.2. The number of anilines is 2. The van der Waals surface area contributed by atoms with Crippen LogP contribution in [0.3, 0.4) is 0 Å². The van der Waals surface area contributed by atoms with Crippen molar-refractivity contribution < 1.29 is 19.2 Å². The van der Waals surface area contributed by atoms with Crippen molar-refractivity contribution in [2.24, 2.45) is 0 Å². The van der Waals surface area contributed by atoms with Crippen LogP contribution in [0, 0.1) is 13.8 Å².